The average Bonchev–Trinajstić information content (AvgIpc) is 3.01. The van der Waals surface area contributed by atoms with Gasteiger partial charge in [-0.1, -0.05) is 66.8 Å². The Morgan fingerprint density at radius 1 is 0.895 bits per heavy atom. The maximum Gasteiger partial charge on any atom is 0.134 e. The molecule has 0 aliphatic heterocycles. The largest absolute Gasteiger partial charge is 0.495 e. The molecule has 1 heteroatoms. The lowest BCUT2D eigenvalue weighted by atomic mass is 9.97. The van der Waals surface area contributed by atoms with Crippen molar-refractivity contribution in [2.24, 2.45) is 0 Å². The maximum atomic E-state index is 5.67. The molecule has 0 heterocycles. The Kier molecular flexibility index (Phi) is 3.20. The van der Waals surface area contributed by atoms with E-state index < -0.39 is 0 Å². The summed E-state index contributed by atoms with van der Waals surface area (Å²) in [6, 6.07) is 16.7. The second kappa shape index (κ2) is 5.15. The van der Waals surface area contributed by atoms with Crippen LogP contribution in [0.15, 0.2) is 66.8 Å². The molecular formula is C18H16O. The molecule has 0 saturated heterocycles. The van der Waals surface area contributed by atoms with E-state index in [1.165, 1.54) is 16.7 Å². The van der Waals surface area contributed by atoms with Crippen molar-refractivity contribution in [1.82, 2.24) is 0 Å². The fourth-order valence-corrected chi connectivity index (χ4v) is 2.50. The summed E-state index contributed by atoms with van der Waals surface area (Å²) in [5.74, 6) is 0.962. The van der Waals surface area contributed by atoms with Crippen LogP contribution < -0.4 is 4.74 Å². The molecule has 2 aromatic rings. The Hall–Kier alpha value is -2.28. The SMILES string of the molecule is COc1c(C2=CC=CC2)cccc1-c1ccccc1. The number of ether oxygens (including phenoxy) is 1. The summed E-state index contributed by atoms with van der Waals surface area (Å²) in [6.45, 7) is 0. The number of rotatable bonds is 3. The van der Waals surface area contributed by atoms with Crippen LogP contribution in [0.5, 0.6) is 5.75 Å². The van der Waals surface area contributed by atoms with Crippen molar-refractivity contribution in [3.05, 3.63) is 72.3 Å². The molecule has 0 atom stereocenters. The topological polar surface area (TPSA) is 9.23 Å². The van der Waals surface area contributed by atoms with Gasteiger partial charge in [0, 0.05) is 11.1 Å². The first-order valence-electron chi connectivity index (χ1n) is 6.48. The van der Waals surface area contributed by atoms with Gasteiger partial charge in [-0.2, -0.15) is 0 Å². The molecule has 0 saturated carbocycles. The lowest BCUT2D eigenvalue weighted by Gasteiger charge is -2.14. The van der Waals surface area contributed by atoms with E-state index >= 15 is 0 Å². The normalized spacial score (nSPS) is 13.4. The Labute approximate surface area is 113 Å². The zero-order valence-corrected chi connectivity index (χ0v) is 11.0. The summed E-state index contributed by atoms with van der Waals surface area (Å²) in [7, 11) is 1.74. The highest BCUT2D eigenvalue weighted by atomic mass is 16.5. The lowest BCUT2D eigenvalue weighted by molar-refractivity contribution is 0.415. The van der Waals surface area contributed by atoms with Crippen molar-refractivity contribution < 1.29 is 4.74 Å². The molecule has 0 unspecified atom stereocenters. The summed E-state index contributed by atoms with van der Waals surface area (Å²) in [5.41, 5.74) is 4.84. The fraction of sp³-hybridized carbons (Fsp3) is 0.111. The van der Waals surface area contributed by atoms with Gasteiger partial charge in [-0.05, 0) is 17.6 Å². The van der Waals surface area contributed by atoms with Crippen LogP contribution >= 0.6 is 0 Å². The van der Waals surface area contributed by atoms with Gasteiger partial charge in [0.05, 0.1) is 7.11 Å². The summed E-state index contributed by atoms with van der Waals surface area (Å²) in [5, 5.41) is 0. The molecule has 0 amide bonds. The monoisotopic (exact) mass is 248 g/mol. The summed E-state index contributed by atoms with van der Waals surface area (Å²) in [6.07, 6.45) is 7.41. The van der Waals surface area contributed by atoms with Gasteiger partial charge in [0.25, 0.3) is 0 Å². The first-order valence-corrected chi connectivity index (χ1v) is 6.48. The molecule has 0 spiro atoms. The van der Waals surface area contributed by atoms with Crippen LogP contribution in [0.4, 0.5) is 0 Å². The van der Waals surface area contributed by atoms with Gasteiger partial charge in [-0.15, -0.1) is 0 Å². The fourth-order valence-electron chi connectivity index (χ4n) is 2.50. The highest BCUT2D eigenvalue weighted by Crippen LogP contribution is 2.38. The molecule has 0 fully saturated rings. The number of hydrogen-bond donors (Lipinski definition) is 0. The summed E-state index contributed by atoms with van der Waals surface area (Å²) >= 11 is 0. The Bertz CT molecular complexity index is 636. The van der Waals surface area contributed by atoms with E-state index in [0.29, 0.717) is 0 Å². The third-order valence-corrected chi connectivity index (χ3v) is 3.42. The minimum atomic E-state index is 0.962. The maximum absolute atomic E-state index is 5.67. The minimum Gasteiger partial charge on any atom is -0.495 e. The molecule has 1 aliphatic carbocycles. The van der Waals surface area contributed by atoms with Crippen LogP contribution in [0, 0.1) is 0 Å². The average molecular weight is 248 g/mol. The smallest absolute Gasteiger partial charge is 0.134 e. The predicted molar refractivity (Wildman–Crippen MR) is 80.2 cm³/mol. The van der Waals surface area contributed by atoms with Gasteiger partial charge >= 0.3 is 0 Å². The van der Waals surface area contributed by atoms with Gasteiger partial charge in [0.15, 0.2) is 0 Å². The van der Waals surface area contributed by atoms with Crippen LogP contribution in [0.1, 0.15) is 12.0 Å². The van der Waals surface area contributed by atoms with Crippen molar-refractivity contribution in [1.29, 1.82) is 0 Å². The van der Waals surface area contributed by atoms with Crippen molar-refractivity contribution in [2.45, 2.75) is 6.42 Å². The van der Waals surface area contributed by atoms with Crippen LogP contribution in [-0.4, -0.2) is 7.11 Å². The Morgan fingerprint density at radius 2 is 1.68 bits per heavy atom. The number of methoxy groups -OCH3 is 1. The molecule has 2 aromatic carbocycles. The molecule has 19 heavy (non-hydrogen) atoms. The highest BCUT2D eigenvalue weighted by Gasteiger charge is 2.14. The van der Waals surface area contributed by atoms with Gasteiger partial charge in [0.2, 0.25) is 0 Å². The molecule has 1 aliphatic rings. The van der Waals surface area contributed by atoms with Crippen molar-refractivity contribution in [2.75, 3.05) is 7.11 Å². The minimum absolute atomic E-state index is 0.962. The van der Waals surface area contributed by atoms with Crippen LogP contribution in [0.25, 0.3) is 16.7 Å². The molecule has 0 bridgehead atoms. The van der Waals surface area contributed by atoms with Gasteiger partial charge in [0.1, 0.15) is 5.75 Å². The van der Waals surface area contributed by atoms with Crippen LogP contribution in [0.2, 0.25) is 0 Å². The van der Waals surface area contributed by atoms with Crippen LogP contribution in [0.3, 0.4) is 0 Å². The lowest BCUT2D eigenvalue weighted by Crippen LogP contribution is -1.94. The van der Waals surface area contributed by atoms with Crippen molar-refractivity contribution in [3.8, 4) is 16.9 Å². The van der Waals surface area contributed by atoms with E-state index in [-0.39, 0.29) is 0 Å². The van der Waals surface area contributed by atoms with Gasteiger partial charge < -0.3 is 4.74 Å². The predicted octanol–water partition coefficient (Wildman–Crippen LogP) is 4.71. The third kappa shape index (κ3) is 2.19. The number of allylic oxidation sites excluding steroid dienone is 4. The number of hydrogen-bond acceptors (Lipinski definition) is 1. The number of benzene rings is 2. The van der Waals surface area contributed by atoms with E-state index in [1.54, 1.807) is 7.11 Å². The summed E-state index contributed by atoms with van der Waals surface area (Å²) < 4.78 is 5.67. The highest BCUT2D eigenvalue weighted by molar-refractivity contribution is 5.82. The quantitative estimate of drug-likeness (QED) is 0.764. The van der Waals surface area contributed by atoms with Crippen LogP contribution in [-0.2, 0) is 0 Å². The standard InChI is InChI=1S/C18H16O/c1-19-18-16(14-8-3-2-4-9-14)12-7-13-17(18)15-10-5-6-11-15/h2-10,12-13H,11H2,1H3. The second-order valence-corrected chi connectivity index (χ2v) is 4.58. The van der Waals surface area contributed by atoms with E-state index in [4.69, 9.17) is 4.74 Å². The Morgan fingerprint density at radius 3 is 2.37 bits per heavy atom. The van der Waals surface area contributed by atoms with Crippen molar-refractivity contribution >= 4 is 5.57 Å². The van der Waals surface area contributed by atoms with E-state index in [0.717, 1.165) is 17.7 Å². The Balaban J connectivity index is 2.13. The van der Waals surface area contributed by atoms with Gasteiger partial charge in [-0.25, -0.2) is 0 Å². The second-order valence-electron chi connectivity index (χ2n) is 4.58. The zero-order valence-electron chi connectivity index (χ0n) is 11.0. The molecular weight excluding hydrogens is 232 g/mol. The third-order valence-electron chi connectivity index (χ3n) is 3.42. The van der Waals surface area contributed by atoms with Crippen molar-refractivity contribution in [3.63, 3.8) is 0 Å². The molecule has 0 N–H and O–H groups in total. The molecule has 94 valence electrons. The summed E-state index contributed by atoms with van der Waals surface area (Å²) in [4.78, 5) is 0. The van der Waals surface area contributed by atoms with Gasteiger partial charge in [-0.3, -0.25) is 0 Å². The molecule has 1 nitrogen and oxygen atoms in total. The molecule has 3 rings (SSSR count). The molecule has 0 radical (unpaired) electrons. The number of para-hydroxylation sites is 1. The molecule has 0 aromatic heterocycles. The zero-order chi connectivity index (χ0) is 13.1. The van der Waals surface area contributed by atoms with E-state index in [2.05, 4.69) is 60.7 Å². The van der Waals surface area contributed by atoms with E-state index in [1.807, 2.05) is 6.07 Å². The first kappa shape index (κ1) is 11.8. The van der Waals surface area contributed by atoms with E-state index in [9.17, 15) is 0 Å². The first-order chi connectivity index (χ1) is 9.40.